The van der Waals surface area contributed by atoms with Crippen molar-refractivity contribution >= 4 is 11.6 Å². The third-order valence-corrected chi connectivity index (χ3v) is 2.50. The van der Waals surface area contributed by atoms with Gasteiger partial charge in [0.05, 0.1) is 5.60 Å². The molecule has 90 valence electrons. The Balaban J connectivity index is 2.73. The molecule has 0 aliphatic carbocycles. The highest BCUT2D eigenvalue weighted by atomic mass is 35.5. The van der Waals surface area contributed by atoms with Gasteiger partial charge in [-0.25, -0.2) is 4.39 Å². The van der Waals surface area contributed by atoms with Crippen LogP contribution in [0.5, 0.6) is 0 Å². The third kappa shape index (κ3) is 4.08. The maximum Gasteiger partial charge on any atom is 0.129 e. The quantitative estimate of drug-likeness (QED) is 0.882. The molecule has 4 heteroatoms. The zero-order valence-electron chi connectivity index (χ0n) is 9.80. The minimum Gasteiger partial charge on any atom is -0.389 e. The fourth-order valence-electron chi connectivity index (χ4n) is 1.67. The summed E-state index contributed by atoms with van der Waals surface area (Å²) in [6, 6.07) is 4.63. The molecule has 0 amide bonds. The minimum absolute atomic E-state index is 0.310. The van der Waals surface area contributed by atoms with Gasteiger partial charge in [-0.05, 0) is 33.0 Å². The average Bonchev–Trinajstić information content (AvgIpc) is 2.08. The van der Waals surface area contributed by atoms with Gasteiger partial charge in [0.1, 0.15) is 5.82 Å². The highest BCUT2D eigenvalue weighted by Crippen LogP contribution is 2.20. The summed E-state index contributed by atoms with van der Waals surface area (Å²) >= 11 is 5.92. The second-order valence-corrected chi connectivity index (χ2v) is 5.09. The van der Waals surface area contributed by atoms with E-state index in [-0.39, 0.29) is 5.82 Å². The zero-order chi connectivity index (χ0) is 12.3. The van der Waals surface area contributed by atoms with Gasteiger partial charge < -0.3 is 5.11 Å². The molecule has 1 rings (SSSR count). The summed E-state index contributed by atoms with van der Waals surface area (Å²) < 4.78 is 13.5. The second-order valence-electron chi connectivity index (χ2n) is 4.68. The molecule has 0 aromatic heterocycles. The van der Waals surface area contributed by atoms with Crippen LogP contribution in [0.25, 0.3) is 0 Å². The first-order valence-electron chi connectivity index (χ1n) is 5.13. The zero-order valence-corrected chi connectivity index (χ0v) is 10.6. The van der Waals surface area contributed by atoms with Crippen molar-refractivity contribution < 1.29 is 9.50 Å². The molecule has 0 unspecified atom stereocenters. The fraction of sp³-hybridized carbons (Fsp3) is 0.500. The maximum absolute atomic E-state index is 13.5. The fourth-order valence-corrected chi connectivity index (χ4v) is 1.89. The number of halogens is 2. The number of rotatable bonds is 4. The summed E-state index contributed by atoms with van der Waals surface area (Å²) in [6.07, 6.45) is 0. The lowest BCUT2D eigenvalue weighted by atomic mass is 10.1. The van der Waals surface area contributed by atoms with E-state index in [0.29, 0.717) is 23.7 Å². The third-order valence-electron chi connectivity index (χ3n) is 2.15. The van der Waals surface area contributed by atoms with Crippen LogP contribution in [-0.4, -0.2) is 29.2 Å². The average molecular weight is 246 g/mol. The van der Waals surface area contributed by atoms with E-state index in [0.717, 1.165) is 0 Å². The lowest BCUT2D eigenvalue weighted by molar-refractivity contribution is 0.0422. The lowest BCUT2D eigenvalue weighted by Gasteiger charge is -2.25. The summed E-state index contributed by atoms with van der Waals surface area (Å²) in [6.45, 7) is 4.27. The summed E-state index contributed by atoms with van der Waals surface area (Å²) in [4.78, 5) is 1.84. The van der Waals surface area contributed by atoms with Crippen molar-refractivity contribution in [2.45, 2.75) is 26.0 Å². The van der Waals surface area contributed by atoms with Gasteiger partial charge in [0.25, 0.3) is 0 Å². The van der Waals surface area contributed by atoms with Crippen molar-refractivity contribution in [3.05, 3.63) is 34.6 Å². The van der Waals surface area contributed by atoms with Gasteiger partial charge in [0.2, 0.25) is 0 Å². The van der Waals surface area contributed by atoms with Gasteiger partial charge >= 0.3 is 0 Å². The Morgan fingerprint density at radius 1 is 1.44 bits per heavy atom. The van der Waals surface area contributed by atoms with Crippen LogP contribution in [0.3, 0.4) is 0 Å². The summed E-state index contributed by atoms with van der Waals surface area (Å²) in [5, 5.41) is 10.1. The van der Waals surface area contributed by atoms with Crippen LogP contribution in [-0.2, 0) is 6.54 Å². The molecule has 2 nitrogen and oxygen atoms in total. The molecule has 0 fully saturated rings. The van der Waals surface area contributed by atoms with Crippen molar-refractivity contribution in [3.63, 3.8) is 0 Å². The Morgan fingerprint density at radius 3 is 2.56 bits per heavy atom. The van der Waals surface area contributed by atoms with Gasteiger partial charge in [-0.3, -0.25) is 4.90 Å². The predicted molar refractivity (Wildman–Crippen MR) is 64.0 cm³/mol. The molecular weight excluding hydrogens is 229 g/mol. The van der Waals surface area contributed by atoms with Crippen molar-refractivity contribution in [2.75, 3.05) is 13.6 Å². The summed E-state index contributed by atoms with van der Waals surface area (Å²) in [5.74, 6) is -0.310. The van der Waals surface area contributed by atoms with E-state index in [1.165, 1.54) is 6.07 Å². The molecule has 0 aliphatic heterocycles. The monoisotopic (exact) mass is 245 g/mol. The topological polar surface area (TPSA) is 23.5 Å². The molecule has 0 radical (unpaired) electrons. The van der Waals surface area contributed by atoms with Gasteiger partial charge in [-0.15, -0.1) is 0 Å². The van der Waals surface area contributed by atoms with Crippen LogP contribution in [0.1, 0.15) is 19.4 Å². The van der Waals surface area contributed by atoms with Crippen molar-refractivity contribution in [2.24, 2.45) is 0 Å². The number of likely N-dealkylation sites (N-methyl/N-ethyl adjacent to an activating group) is 1. The Labute approximate surface area is 101 Å². The number of hydrogen-bond donors (Lipinski definition) is 1. The molecule has 0 bridgehead atoms. The predicted octanol–water partition coefficient (Wildman–Crippen LogP) is 2.68. The van der Waals surface area contributed by atoms with E-state index in [9.17, 15) is 9.50 Å². The number of hydrogen-bond acceptors (Lipinski definition) is 2. The Morgan fingerprint density at radius 2 is 2.06 bits per heavy atom. The lowest BCUT2D eigenvalue weighted by Crippen LogP contribution is -2.36. The Hall–Kier alpha value is -0.640. The van der Waals surface area contributed by atoms with Crippen LogP contribution in [0, 0.1) is 5.82 Å². The molecule has 0 atom stereocenters. The van der Waals surface area contributed by atoms with E-state index < -0.39 is 5.60 Å². The first kappa shape index (κ1) is 13.4. The van der Waals surface area contributed by atoms with Gasteiger partial charge in [-0.2, -0.15) is 0 Å². The van der Waals surface area contributed by atoms with Crippen LogP contribution in [0.15, 0.2) is 18.2 Å². The van der Waals surface area contributed by atoms with Crippen molar-refractivity contribution in [1.29, 1.82) is 0 Å². The molecule has 0 spiro atoms. The molecule has 0 aliphatic rings. The highest BCUT2D eigenvalue weighted by Gasteiger charge is 2.17. The number of nitrogens with zero attached hydrogens (tertiary/aromatic N) is 1. The number of benzene rings is 1. The van der Waals surface area contributed by atoms with E-state index in [4.69, 9.17) is 11.6 Å². The van der Waals surface area contributed by atoms with E-state index in [1.54, 1.807) is 26.0 Å². The van der Waals surface area contributed by atoms with Gasteiger partial charge in [0, 0.05) is 23.7 Å². The van der Waals surface area contributed by atoms with Gasteiger partial charge in [-0.1, -0.05) is 17.7 Å². The normalized spacial score (nSPS) is 12.2. The van der Waals surface area contributed by atoms with E-state index in [1.807, 2.05) is 11.9 Å². The number of aliphatic hydroxyl groups is 1. The van der Waals surface area contributed by atoms with Crippen molar-refractivity contribution in [3.8, 4) is 0 Å². The van der Waals surface area contributed by atoms with Crippen LogP contribution >= 0.6 is 11.6 Å². The largest absolute Gasteiger partial charge is 0.389 e. The van der Waals surface area contributed by atoms with Crippen LogP contribution in [0.4, 0.5) is 4.39 Å². The molecule has 0 saturated heterocycles. The summed E-state index contributed by atoms with van der Waals surface area (Å²) in [7, 11) is 1.82. The SMILES string of the molecule is CN(Cc1c(F)cccc1Cl)CC(C)(C)O. The maximum atomic E-state index is 13.5. The van der Waals surface area contributed by atoms with E-state index >= 15 is 0 Å². The second kappa shape index (κ2) is 5.13. The Kier molecular flexibility index (Phi) is 4.30. The highest BCUT2D eigenvalue weighted by molar-refractivity contribution is 6.31. The first-order chi connectivity index (χ1) is 7.29. The van der Waals surface area contributed by atoms with Crippen molar-refractivity contribution in [1.82, 2.24) is 4.90 Å². The minimum atomic E-state index is -0.799. The molecule has 1 N–H and O–H groups in total. The van der Waals surface area contributed by atoms with E-state index in [2.05, 4.69) is 0 Å². The van der Waals surface area contributed by atoms with Crippen LogP contribution < -0.4 is 0 Å². The molecule has 1 aromatic rings. The standard InChI is InChI=1S/C12H17ClFNO/c1-12(2,16)8-15(3)7-9-10(13)5-4-6-11(9)14/h4-6,16H,7-8H2,1-3H3. The molecular formula is C12H17ClFNO. The first-order valence-corrected chi connectivity index (χ1v) is 5.51. The Bertz CT molecular complexity index is 342. The van der Waals surface area contributed by atoms with Crippen LogP contribution in [0.2, 0.25) is 5.02 Å². The summed E-state index contributed by atoms with van der Waals surface area (Å²) in [5.41, 5.74) is -0.331. The molecule has 0 saturated carbocycles. The molecule has 0 heterocycles. The van der Waals surface area contributed by atoms with Gasteiger partial charge in [0.15, 0.2) is 0 Å². The molecule has 16 heavy (non-hydrogen) atoms. The smallest absolute Gasteiger partial charge is 0.129 e. The molecule has 1 aromatic carbocycles.